The highest BCUT2D eigenvalue weighted by atomic mass is 32.2. The van der Waals surface area contributed by atoms with Gasteiger partial charge in [0, 0.05) is 45.0 Å². The molecule has 0 saturated carbocycles. The summed E-state index contributed by atoms with van der Waals surface area (Å²) in [6.07, 6.45) is -0.760. The molecule has 16 nitrogen and oxygen atoms in total. The van der Waals surface area contributed by atoms with Crippen LogP contribution in [0.15, 0.2) is 37.1 Å². The third-order valence-corrected chi connectivity index (χ3v) is 10.3. The van der Waals surface area contributed by atoms with Gasteiger partial charge in [0.25, 0.3) is 0 Å². The van der Waals surface area contributed by atoms with E-state index in [2.05, 4.69) is 24.7 Å². The predicted octanol–water partition coefficient (Wildman–Crippen LogP) is -3.05. The summed E-state index contributed by atoms with van der Waals surface area (Å²) in [5.41, 5.74) is 10.8. The van der Waals surface area contributed by atoms with Crippen molar-refractivity contribution in [3.05, 3.63) is 17.7 Å². The van der Waals surface area contributed by atoms with Crippen LogP contribution in [0, 0.1) is 0 Å². The van der Waals surface area contributed by atoms with Gasteiger partial charge in [-0.2, -0.15) is 5.11 Å². The number of benzene rings is 1. The zero-order valence-corrected chi connectivity index (χ0v) is 22.3. The lowest BCUT2D eigenvalue weighted by Crippen LogP contribution is -2.45. The highest BCUT2D eigenvalue weighted by molar-refractivity contribution is 7.92. The molecule has 1 fully saturated rings. The van der Waals surface area contributed by atoms with Crippen LogP contribution in [-0.2, 0) is 30.1 Å². The van der Waals surface area contributed by atoms with Gasteiger partial charge >= 0.3 is 0 Å². The molecule has 37 heavy (non-hydrogen) atoms. The van der Waals surface area contributed by atoms with Crippen molar-refractivity contribution < 1.29 is 30.4 Å². The first-order valence-corrected chi connectivity index (χ1v) is 15.8. The Bertz CT molecular complexity index is 1370. The molecule has 1 saturated heterocycles. The first kappa shape index (κ1) is 29.5. The van der Waals surface area contributed by atoms with Gasteiger partial charge in [-0.3, -0.25) is 0 Å². The number of nitrogens with two attached hydrogens (primary N) is 3. The van der Waals surface area contributed by atoms with Crippen LogP contribution in [0.3, 0.4) is 0 Å². The number of nitrogens with one attached hydrogen (secondary N) is 2. The largest absolute Gasteiger partial charge is 0.390 e. The van der Waals surface area contributed by atoms with Crippen LogP contribution >= 0.6 is 0 Å². The number of hydrogen-bond donors (Lipinski definition) is 6. The number of azo groups is 1. The van der Waals surface area contributed by atoms with Crippen molar-refractivity contribution >= 4 is 41.6 Å². The fourth-order valence-electron chi connectivity index (χ4n) is 3.98. The quantitative estimate of drug-likeness (QED) is 0.145. The Kier molecular flexibility index (Phi) is 9.35. The molecule has 19 heteroatoms. The Morgan fingerprint density at radius 1 is 1.08 bits per heavy atom. The number of amidine groups is 1. The number of aliphatic hydroxyl groups excluding tert-OH is 1. The molecule has 2 aliphatic heterocycles. The summed E-state index contributed by atoms with van der Waals surface area (Å²) in [7, 11) is -12.7. The molecule has 1 aromatic rings. The van der Waals surface area contributed by atoms with Gasteiger partial charge in [0.05, 0.1) is 16.9 Å². The number of aliphatic imine (C=N–C) groups is 1. The van der Waals surface area contributed by atoms with Gasteiger partial charge < -0.3 is 21.5 Å². The minimum absolute atomic E-state index is 0.0934. The summed E-state index contributed by atoms with van der Waals surface area (Å²) in [6.45, 7) is -0.0826. The Hall–Kier alpha value is -2.10. The van der Waals surface area contributed by atoms with E-state index in [4.69, 9.17) is 16.6 Å². The van der Waals surface area contributed by atoms with E-state index in [1.807, 2.05) is 0 Å². The fourth-order valence-corrected chi connectivity index (χ4v) is 8.11. The number of sulfonamides is 3. The van der Waals surface area contributed by atoms with Crippen molar-refractivity contribution in [2.75, 3.05) is 50.8 Å². The maximum Gasteiger partial charge on any atom is 0.242 e. The minimum Gasteiger partial charge on any atom is -0.390 e. The summed E-state index contributed by atoms with van der Waals surface area (Å²) in [4.78, 5) is 4.40. The van der Waals surface area contributed by atoms with E-state index >= 15 is 0 Å². The SMILES string of the molecule is NCCNS(=O)(=O)C1CCN(c2ccc(S(=O)(=O)NC[C@H](O)CN)c(S(N)(=O)=O)c2C2=NCN=N2)CC1. The maximum atomic E-state index is 13.0. The summed E-state index contributed by atoms with van der Waals surface area (Å²) in [5, 5.41) is 22.1. The molecule has 3 rings (SSSR count). The van der Waals surface area contributed by atoms with Crippen LogP contribution in [-0.4, -0.2) is 93.5 Å². The van der Waals surface area contributed by atoms with Gasteiger partial charge in [-0.05, 0) is 25.0 Å². The van der Waals surface area contributed by atoms with Gasteiger partial charge in [0.2, 0.25) is 30.1 Å². The number of rotatable bonds is 12. The van der Waals surface area contributed by atoms with Gasteiger partial charge in [0.15, 0.2) is 12.5 Å². The van der Waals surface area contributed by atoms with Crippen molar-refractivity contribution in [1.29, 1.82) is 0 Å². The van der Waals surface area contributed by atoms with Crippen LogP contribution in [0.4, 0.5) is 5.69 Å². The second-order valence-corrected chi connectivity index (χ2v) is 13.6. The molecular weight excluding hydrogens is 550 g/mol. The molecule has 0 radical (unpaired) electrons. The van der Waals surface area contributed by atoms with Crippen molar-refractivity contribution in [2.24, 2.45) is 31.8 Å². The van der Waals surface area contributed by atoms with Crippen molar-refractivity contribution in [3.63, 3.8) is 0 Å². The predicted molar refractivity (Wildman–Crippen MR) is 136 cm³/mol. The number of piperidine rings is 1. The summed E-state index contributed by atoms with van der Waals surface area (Å²) < 4.78 is 81.2. The molecule has 1 atom stereocenters. The molecular formula is C18H31N9O7S3. The maximum absolute atomic E-state index is 13.0. The van der Waals surface area contributed by atoms with Crippen LogP contribution < -0.4 is 31.0 Å². The fraction of sp³-hybridized carbons (Fsp3) is 0.611. The van der Waals surface area contributed by atoms with Gasteiger partial charge in [-0.25, -0.2) is 44.8 Å². The summed E-state index contributed by atoms with van der Waals surface area (Å²) in [6, 6.07) is 2.46. The molecule has 2 aliphatic rings. The molecule has 0 spiro atoms. The summed E-state index contributed by atoms with van der Waals surface area (Å²) >= 11 is 0. The Morgan fingerprint density at radius 2 is 1.76 bits per heavy atom. The second kappa shape index (κ2) is 11.7. The number of primary sulfonamides is 1. The molecule has 208 valence electrons. The first-order valence-electron chi connectivity index (χ1n) is 11.2. The van der Waals surface area contributed by atoms with E-state index in [1.165, 1.54) is 6.07 Å². The average molecular weight is 582 g/mol. The van der Waals surface area contributed by atoms with E-state index in [1.54, 1.807) is 4.90 Å². The van der Waals surface area contributed by atoms with Gasteiger partial charge in [0.1, 0.15) is 9.79 Å². The lowest BCUT2D eigenvalue weighted by atomic mass is 10.1. The lowest BCUT2D eigenvalue weighted by Gasteiger charge is -2.35. The van der Waals surface area contributed by atoms with Crippen LogP contribution in [0.25, 0.3) is 0 Å². The van der Waals surface area contributed by atoms with E-state index in [0.29, 0.717) is 0 Å². The van der Waals surface area contributed by atoms with Gasteiger partial charge in [-0.15, -0.1) is 5.11 Å². The van der Waals surface area contributed by atoms with E-state index in [0.717, 1.165) is 6.07 Å². The smallest absolute Gasteiger partial charge is 0.242 e. The van der Waals surface area contributed by atoms with Crippen LogP contribution in [0.1, 0.15) is 18.4 Å². The molecule has 0 aliphatic carbocycles. The minimum atomic E-state index is -4.67. The highest BCUT2D eigenvalue weighted by Crippen LogP contribution is 2.35. The molecule has 1 aromatic carbocycles. The van der Waals surface area contributed by atoms with E-state index in [9.17, 15) is 30.4 Å². The number of hydrogen-bond acceptors (Lipinski definition) is 13. The molecule has 0 aromatic heterocycles. The highest BCUT2D eigenvalue weighted by Gasteiger charge is 2.36. The molecule has 0 amide bonds. The monoisotopic (exact) mass is 581 g/mol. The third-order valence-electron chi connectivity index (χ3n) is 5.80. The van der Waals surface area contributed by atoms with Crippen molar-refractivity contribution in [3.8, 4) is 0 Å². The average Bonchev–Trinajstić information content (AvgIpc) is 3.39. The Labute approximate surface area is 215 Å². The van der Waals surface area contributed by atoms with Gasteiger partial charge in [-0.1, -0.05) is 0 Å². The molecule has 0 unspecified atom stereocenters. The molecule has 0 bridgehead atoms. The van der Waals surface area contributed by atoms with Crippen molar-refractivity contribution in [1.82, 2.24) is 9.44 Å². The van der Waals surface area contributed by atoms with E-state index < -0.39 is 57.8 Å². The molecule has 2 heterocycles. The third kappa shape index (κ3) is 6.86. The second-order valence-electron chi connectivity index (χ2n) is 8.35. The Balaban J connectivity index is 2.06. The number of anilines is 1. The van der Waals surface area contributed by atoms with Crippen LogP contribution in [0.2, 0.25) is 0 Å². The first-order chi connectivity index (χ1) is 17.3. The van der Waals surface area contributed by atoms with E-state index in [-0.39, 0.29) is 69.3 Å². The zero-order valence-electron chi connectivity index (χ0n) is 19.8. The number of nitrogens with zero attached hydrogens (tertiary/aromatic N) is 4. The van der Waals surface area contributed by atoms with Crippen molar-refractivity contribution in [2.45, 2.75) is 34.0 Å². The Morgan fingerprint density at radius 3 is 2.30 bits per heavy atom. The normalized spacial score (nSPS) is 18.3. The number of aliphatic hydroxyl groups is 1. The standard InChI is InChI=1S/C18H31N9O7S3/c19-5-6-24-36(31,32)13-3-7-27(8-4-13)14-1-2-15(37(33,34)25-10-12(28)9-20)17(35(21,29)30)16(14)18-22-11-23-26-18/h1-2,12-13,24-25,28H,3-11,19-20H2,(H2,21,29,30)/t12-/m1/s1. The zero-order chi connectivity index (χ0) is 27.4. The van der Waals surface area contributed by atoms with Crippen LogP contribution in [0.5, 0.6) is 0 Å². The topological polar surface area (TPSA) is 265 Å². The summed E-state index contributed by atoms with van der Waals surface area (Å²) in [5.74, 6) is -0.127. The molecule has 9 N–H and O–H groups in total. The lowest BCUT2D eigenvalue weighted by molar-refractivity contribution is 0.186.